The van der Waals surface area contributed by atoms with E-state index < -0.39 is 5.60 Å². The summed E-state index contributed by atoms with van der Waals surface area (Å²) < 4.78 is 5.28. The fourth-order valence-corrected chi connectivity index (χ4v) is 1.83. The number of alkyl carbamates (subject to hydrolysis) is 1. The minimum atomic E-state index is -0.426. The lowest BCUT2D eigenvalue weighted by molar-refractivity contribution is 0.0492. The molecule has 3 nitrogen and oxygen atoms in total. The molecule has 1 N–H and O–H groups in total. The number of amides is 1. The molecule has 102 valence electrons. The van der Waals surface area contributed by atoms with Crippen molar-refractivity contribution in [3.05, 3.63) is 0 Å². The summed E-state index contributed by atoms with van der Waals surface area (Å²) in [6.07, 6.45) is 1.69. The highest BCUT2D eigenvalue weighted by Gasteiger charge is 2.20. The first-order valence-corrected chi connectivity index (χ1v) is 6.59. The second-order valence-corrected chi connectivity index (χ2v) is 6.60. The van der Waals surface area contributed by atoms with E-state index in [0.29, 0.717) is 11.8 Å². The van der Waals surface area contributed by atoms with Gasteiger partial charge >= 0.3 is 6.09 Å². The molecule has 0 aliphatic rings. The topological polar surface area (TPSA) is 38.3 Å². The van der Waals surface area contributed by atoms with E-state index in [-0.39, 0.29) is 12.1 Å². The monoisotopic (exact) mass is 243 g/mol. The molecular formula is C14H29NO2. The summed E-state index contributed by atoms with van der Waals surface area (Å²) in [5, 5.41) is 2.98. The van der Waals surface area contributed by atoms with Crippen molar-refractivity contribution in [3.63, 3.8) is 0 Å². The molecule has 0 spiro atoms. The van der Waals surface area contributed by atoms with Crippen molar-refractivity contribution in [2.24, 2.45) is 11.8 Å². The van der Waals surface area contributed by atoms with Gasteiger partial charge in [0.1, 0.15) is 5.60 Å². The van der Waals surface area contributed by atoms with Gasteiger partial charge in [0.25, 0.3) is 0 Å². The molecule has 0 aliphatic carbocycles. The summed E-state index contributed by atoms with van der Waals surface area (Å²) in [6.45, 7) is 14.3. The summed E-state index contributed by atoms with van der Waals surface area (Å²) in [5.74, 6) is 1.15. The van der Waals surface area contributed by atoms with Crippen molar-refractivity contribution in [1.29, 1.82) is 0 Å². The first-order valence-electron chi connectivity index (χ1n) is 6.59. The Labute approximate surface area is 106 Å². The third kappa shape index (κ3) is 10.2. The molecule has 0 atom stereocenters. The molecule has 0 heterocycles. The van der Waals surface area contributed by atoms with Gasteiger partial charge in [-0.3, -0.25) is 0 Å². The Kier molecular flexibility index (Phi) is 6.58. The molecule has 3 heteroatoms. The van der Waals surface area contributed by atoms with Gasteiger partial charge in [-0.25, -0.2) is 4.79 Å². The second kappa shape index (κ2) is 6.87. The van der Waals surface area contributed by atoms with Crippen LogP contribution in [-0.4, -0.2) is 17.7 Å². The zero-order chi connectivity index (χ0) is 13.6. The van der Waals surface area contributed by atoms with Crippen molar-refractivity contribution in [1.82, 2.24) is 5.32 Å². The largest absolute Gasteiger partial charge is 0.444 e. The lowest BCUT2D eigenvalue weighted by Gasteiger charge is -2.25. The molecule has 0 saturated heterocycles. The van der Waals surface area contributed by atoms with Crippen LogP contribution in [0, 0.1) is 11.8 Å². The zero-order valence-corrected chi connectivity index (χ0v) is 12.5. The Morgan fingerprint density at radius 1 is 1.06 bits per heavy atom. The molecule has 1 amide bonds. The van der Waals surface area contributed by atoms with Gasteiger partial charge in [0.15, 0.2) is 0 Å². The molecule has 0 fully saturated rings. The first kappa shape index (κ1) is 16.3. The summed E-state index contributed by atoms with van der Waals surface area (Å²) in [5.41, 5.74) is -0.426. The summed E-state index contributed by atoms with van der Waals surface area (Å²) >= 11 is 0. The highest BCUT2D eigenvalue weighted by molar-refractivity contribution is 5.68. The van der Waals surface area contributed by atoms with Crippen LogP contribution >= 0.6 is 0 Å². The summed E-state index contributed by atoms with van der Waals surface area (Å²) in [4.78, 5) is 11.7. The van der Waals surface area contributed by atoms with E-state index in [1.54, 1.807) is 0 Å². The van der Waals surface area contributed by atoms with Crippen LogP contribution in [0.3, 0.4) is 0 Å². The van der Waals surface area contributed by atoms with E-state index >= 15 is 0 Å². The van der Waals surface area contributed by atoms with Gasteiger partial charge in [-0.15, -0.1) is 0 Å². The van der Waals surface area contributed by atoms with Crippen LogP contribution in [0.25, 0.3) is 0 Å². The third-order valence-electron chi connectivity index (χ3n) is 2.23. The zero-order valence-electron chi connectivity index (χ0n) is 12.5. The molecule has 0 unspecified atom stereocenters. The number of ether oxygens (including phenoxy) is 1. The highest BCUT2D eigenvalue weighted by Crippen LogP contribution is 2.14. The Balaban J connectivity index is 4.27. The number of carbonyl (C=O) groups is 1. The average molecular weight is 243 g/mol. The minimum Gasteiger partial charge on any atom is -0.444 e. The average Bonchev–Trinajstić information content (AvgIpc) is 1.95. The van der Waals surface area contributed by atoms with Crippen LogP contribution in [0.4, 0.5) is 4.79 Å². The van der Waals surface area contributed by atoms with Crippen molar-refractivity contribution < 1.29 is 9.53 Å². The van der Waals surface area contributed by atoms with Gasteiger partial charge in [-0.05, 0) is 45.4 Å². The van der Waals surface area contributed by atoms with E-state index in [1.807, 2.05) is 20.8 Å². The Bertz CT molecular complexity index is 219. The second-order valence-electron chi connectivity index (χ2n) is 6.60. The van der Waals surface area contributed by atoms with Gasteiger partial charge in [-0.1, -0.05) is 27.7 Å². The maximum absolute atomic E-state index is 11.7. The molecule has 0 saturated carbocycles. The molecule has 0 bridgehead atoms. The van der Waals surface area contributed by atoms with Crippen LogP contribution in [-0.2, 0) is 4.74 Å². The standard InChI is InChI=1S/C14H29NO2/c1-10(2)8-12(9-11(3)4)15-13(16)17-14(5,6)7/h10-12H,8-9H2,1-7H3,(H,15,16). The van der Waals surface area contributed by atoms with Crippen LogP contribution in [0.15, 0.2) is 0 Å². The van der Waals surface area contributed by atoms with E-state index in [0.717, 1.165) is 12.8 Å². The fraction of sp³-hybridized carbons (Fsp3) is 0.929. The smallest absolute Gasteiger partial charge is 0.407 e. The van der Waals surface area contributed by atoms with Gasteiger partial charge < -0.3 is 10.1 Å². The lowest BCUT2D eigenvalue weighted by Crippen LogP contribution is -2.40. The maximum atomic E-state index is 11.7. The van der Waals surface area contributed by atoms with Crippen molar-refractivity contribution in [2.45, 2.75) is 73.0 Å². The predicted octanol–water partition coefficient (Wildman–Crippen LogP) is 3.97. The molecule has 0 radical (unpaired) electrons. The van der Waals surface area contributed by atoms with Gasteiger partial charge in [-0.2, -0.15) is 0 Å². The minimum absolute atomic E-state index is 0.213. The van der Waals surface area contributed by atoms with Gasteiger partial charge in [0.05, 0.1) is 0 Å². The van der Waals surface area contributed by atoms with Gasteiger partial charge in [0, 0.05) is 6.04 Å². The number of carbonyl (C=O) groups excluding carboxylic acids is 1. The number of hydrogen-bond donors (Lipinski definition) is 1. The van der Waals surface area contributed by atoms with E-state index in [2.05, 4.69) is 33.0 Å². The molecule has 0 aromatic carbocycles. The van der Waals surface area contributed by atoms with E-state index in [9.17, 15) is 4.79 Å². The van der Waals surface area contributed by atoms with E-state index in [1.165, 1.54) is 0 Å². The van der Waals surface area contributed by atoms with Crippen molar-refractivity contribution in [3.8, 4) is 0 Å². The number of rotatable bonds is 5. The molecule has 0 aliphatic heterocycles. The number of hydrogen-bond acceptors (Lipinski definition) is 2. The van der Waals surface area contributed by atoms with Gasteiger partial charge in [0.2, 0.25) is 0 Å². The van der Waals surface area contributed by atoms with Crippen molar-refractivity contribution in [2.75, 3.05) is 0 Å². The molecular weight excluding hydrogens is 214 g/mol. The third-order valence-corrected chi connectivity index (χ3v) is 2.23. The SMILES string of the molecule is CC(C)CC(CC(C)C)NC(=O)OC(C)(C)C. The Morgan fingerprint density at radius 3 is 1.76 bits per heavy atom. The predicted molar refractivity (Wildman–Crippen MR) is 72.1 cm³/mol. The molecule has 0 aromatic rings. The van der Waals surface area contributed by atoms with Crippen LogP contribution in [0.2, 0.25) is 0 Å². The van der Waals surface area contributed by atoms with Crippen molar-refractivity contribution >= 4 is 6.09 Å². The normalized spacial score (nSPS) is 12.4. The van der Waals surface area contributed by atoms with Crippen LogP contribution in [0.1, 0.15) is 61.3 Å². The molecule has 17 heavy (non-hydrogen) atoms. The summed E-state index contributed by atoms with van der Waals surface area (Å²) in [6, 6.07) is 0.213. The summed E-state index contributed by atoms with van der Waals surface area (Å²) in [7, 11) is 0. The Morgan fingerprint density at radius 2 is 1.47 bits per heavy atom. The lowest BCUT2D eigenvalue weighted by atomic mass is 9.96. The molecule has 0 aromatic heterocycles. The fourth-order valence-electron chi connectivity index (χ4n) is 1.83. The quantitative estimate of drug-likeness (QED) is 0.793. The molecule has 0 rings (SSSR count). The van der Waals surface area contributed by atoms with E-state index in [4.69, 9.17) is 4.74 Å². The Hall–Kier alpha value is -0.730. The van der Waals surface area contributed by atoms with Crippen LogP contribution < -0.4 is 5.32 Å². The van der Waals surface area contributed by atoms with Crippen LogP contribution in [0.5, 0.6) is 0 Å². The first-order chi connectivity index (χ1) is 7.60. The maximum Gasteiger partial charge on any atom is 0.407 e. The number of nitrogens with one attached hydrogen (secondary N) is 1. The highest BCUT2D eigenvalue weighted by atomic mass is 16.6.